The van der Waals surface area contributed by atoms with E-state index in [4.69, 9.17) is 11.6 Å². The Hall–Kier alpha value is -0.870. The maximum Gasteiger partial charge on any atom is 0.159 e. The summed E-state index contributed by atoms with van der Waals surface area (Å²) in [5.74, 6) is 0.340. The molecule has 0 N–H and O–H groups in total. The van der Waals surface area contributed by atoms with Crippen molar-refractivity contribution in [1.29, 1.82) is 0 Å². The van der Waals surface area contributed by atoms with Crippen molar-refractivity contribution in [2.75, 3.05) is 13.1 Å². The maximum absolute atomic E-state index is 13.1. The molecule has 0 atom stereocenters. The van der Waals surface area contributed by atoms with Crippen LogP contribution in [-0.4, -0.2) is 39.1 Å². The van der Waals surface area contributed by atoms with E-state index in [1.165, 1.54) is 25.7 Å². The average molecular weight is 310 g/mol. The summed E-state index contributed by atoms with van der Waals surface area (Å²) in [7, 11) is 1.87. The zero-order chi connectivity index (χ0) is 15.0. The first-order valence-corrected chi connectivity index (χ1v) is 8.39. The Balaban J connectivity index is 1.85. The van der Waals surface area contributed by atoms with Crippen LogP contribution in [0, 0.1) is 6.92 Å². The molecule has 2 aliphatic rings. The lowest BCUT2D eigenvalue weighted by Gasteiger charge is -2.37. The van der Waals surface area contributed by atoms with E-state index in [2.05, 4.69) is 10.00 Å². The van der Waals surface area contributed by atoms with Gasteiger partial charge in [-0.3, -0.25) is 14.4 Å². The second kappa shape index (κ2) is 5.73. The van der Waals surface area contributed by atoms with Crippen molar-refractivity contribution < 1.29 is 4.79 Å². The van der Waals surface area contributed by atoms with Crippen LogP contribution in [0.4, 0.5) is 0 Å². The van der Waals surface area contributed by atoms with E-state index in [0.717, 1.165) is 37.3 Å². The van der Waals surface area contributed by atoms with Gasteiger partial charge in [0.25, 0.3) is 0 Å². The van der Waals surface area contributed by atoms with Gasteiger partial charge in [-0.25, -0.2) is 0 Å². The molecule has 1 saturated carbocycles. The quantitative estimate of drug-likeness (QED) is 0.858. The average Bonchev–Trinajstić information content (AvgIpc) is 3.16. The van der Waals surface area contributed by atoms with Crippen LogP contribution >= 0.6 is 11.6 Å². The number of aromatic nitrogens is 2. The molecule has 5 heteroatoms. The van der Waals surface area contributed by atoms with E-state index >= 15 is 0 Å². The van der Waals surface area contributed by atoms with E-state index in [9.17, 15) is 4.79 Å². The van der Waals surface area contributed by atoms with Crippen molar-refractivity contribution in [1.82, 2.24) is 14.7 Å². The van der Waals surface area contributed by atoms with E-state index in [1.54, 1.807) is 4.68 Å². The van der Waals surface area contributed by atoms with E-state index in [1.807, 2.05) is 14.0 Å². The SMILES string of the molecule is Cc1nn(C)c(CC(=O)C2(N3CCCC3)CCCC2)c1Cl. The molecule has 2 fully saturated rings. The zero-order valence-corrected chi connectivity index (χ0v) is 13.7. The molecule has 1 saturated heterocycles. The lowest BCUT2D eigenvalue weighted by Crippen LogP contribution is -2.52. The fourth-order valence-electron chi connectivity index (χ4n) is 4.07. The summed E-state index contributed by atoms with van der Waals surface area (Å²) in [5.41, 5.74) is 1.45. The minimum Gasteiger partial charge on any atom is -0.297 e. The van der Waals surface area contributed by atoms with Crippen molar-refractivity contribution in [2.24, 2.45) is 7.05 Å². The minimum absolute atomic E-state index is 0.224. The number of hydrogen-bond acceptors (Lipinski definition) is 3. The second-order valence-electron chi connectivity index (χ2n) is 6.50. The Labute approximate surface area is 131 Å². The first-order chi connectivity index (χ1) is 10.0. The summed E-state index contributed by atoms with van der Waals surface area (Å²) in [6, 6.07) is 0. The minimum atomic E-state index is -0.224. The number of hydrogen-bond donors (Lipinski definition) is 0. The van der Waals surface area contributed by atoms with Crippen LogP contribution in [0.25, 0.3) is 0 Å². The summed E-state index contributed by atoms with van der Waals surface area (Å²) < 4.78 is 1.77. The molecule has 0 aromatic carbocycles. The maximum atomic E-state index is 13.1. The molecule has 21 heavy (non-hydrogen) atoms. The largest absolute Gasteiger partial charge is 0.297 e. The Morgan fingerprint density at radius 2 is 1.86 bits per heavy atom. The molecule has 0 radical (unpaired) electrons. The van der Waals surface area contributed by atoms with Crippen LogP contribution in [0.2, 0.25) is 5.02 Å². The molecule has 0 unspecified atom stereocenters. The second-order valence-corrected chi connectivity index (χ2v) is 6.88. The Morgan fingerprint density at radius 3 is 2.38 bits per heavy atom. The zero-order valence-electron chi connectivity index (χ0n) is 13.0. The predicted octanol–water partition coefficient (Wildman–Crippen LogP) is 2.90. The third-order valence-electron chi connectivity index (χ3n) is 5.25. The highest BCUT2D eigenvalue weighted by Crippen LogP contribution is 2.39. The van der Waals surface area contributed by atoms with E-state index in [-0.39, 0.29) is 5.54 Å². The van der Waals surface area contributed by atoms with Crippen LogP contribution in [0.5, 0.6) is 0 Å². The molecule has 1 aliphatic heterocycles. The molecule has 0 bridgehead atoms. The number of ketones is 1. The Bertz CT molecular complexity index is 540. The number of aryl methyl sites for hydroxylation is 2. The summed E-state index contributed by atoms with van der Waals surface area (Å²) in [6.07, 6.45) is 7.22. The van der Waals surface area contributed by atoms with Crippen molar-refractivity contribution in [3.05, 3.63) is 16.4 Å². The Kier molecular flexibility index (Phi) is 4.10. The van der Waals surface area contributed by atoms with Gasteiger partial charge >= 0.3 is 0 Å². The number of carbonyl (C=O) groups is 1. The highest BCUT2D eigenvalue weighted by molar-refractivity contribution is 6.32. The molecular weight excluding hydrogens is 286 g/mol. The van der Waals surface area contributed by atoms with Gasteiger partial charge in [0.2, 0.25) is 0 Å². The fourth-order valence-corrected chi connectivity index (χ4v) is 4.29. The van der Waals surface area contributed by atoms with Crippen LogP contribution in [-0.2, 0) is 18.3 Å². The molecule has 1 aliphatic carbocycles. The highest BCUT2D eigenvalue weighted by atomic mass is 35.5. The fraction of sp³-hybridized carbons (Fsp3) is 0.750. The van der Waals surface area contributed by atoms with Crippen molar-refractivity contribution >= 4 is 17.4 Å². The smallest absolute Gasteiger partial charge is 0.159 e. The normalized spacial score (nSPS) is 22.0. The van der Waals surface area contributed by atoms with Gasteiger partial charge in [0.05, 0.1) is 28.4 Å². The molecule has 0 amide bonds. The Morgan fingerprint density at radius 1 is 1.24 bits per heavy atom. The van der Waals surface area contributed by atoms with Crippen LogP contribution in [0.3, 0.4) is 0 Å². The predicted molar refractivity (Wildman–Crippen MR) is 83.7 cm³/mol. The number of nitrogens with zero attached hydrogens (tertiary/aromatic N) is 3. The first-order valence-electron chi connectivity index (χ1n) is 8.01. The highest BCUT2D eigenvalue weighted by Gasteiger charge is 2.46. The molecule has 1 aromatic heterocycles. The molecular formula is C16H24ClN3O. The van der Waals surface area contributed by atoms with E-state index < -0.39 is 0 Å². The number of halogens is 1. The molecule has 116 valence electrons. The standard InChI is InChI=1S/C16H24ClN3O/c1-12-15(17)13(19(2)18-12)11-14(21)16(7-3-4-8-16)20-9-5-6-10-20/h3-11H2,1-2H3. The lowest BCUT2D eigenvalue weighted by atomic mass is 9.87. The van der Waals surface area contributed by atoms with Crippen LogP contribution in [0.15, 0.2) is 0 Å². The van der Waals surface area contributed by atoms with Gasteiger partial charge in [-0.1, -0.05) is 24.4 Å². The van der Waals surface area contributed by atoms with Crippen molar-refractivity contribution in [3.8, 4) is 0 Å². The van der Waals surface area contributed by atoms with Gasteiger partial charge in [0.1, 0.15) is 0 Å². The van der Waals surface area contributed by atoms with Crippen LogP contribution < -0.4 is 0 Å². The number of Topliss-reactive ketones (excluding diaryl/α,β-unsaturated/α-hetero) is 1. The van der Waals surface area contributed by atoms with Crippen molar-refractivity contribution in [3.63, 3.8) is 0 Å². The monoisotopic (exact) mass is 309 g/mol. The summed E-state index contributed by atoms with van der Waals surface area (Å²) >= 11 is 6.32. The van der Waals surface area contributed by atoms with Crippen molar-refractivity contribution in [2.45, 2.75) is 57.4 Å². The molecule has 2 heterocycles. The van der Waals surface area contributed by atoms with Gasteiger partial charge in [0, 0.05) is 7.05 Å². The molecule has 4 nitrogen and oxygen atoms in total. The van der Waals surface area contributed by atoms with Gasteiger partial charge in [0.15, 0.2) is 5.78 Å². The topological polar surface area (TPSA) is 38.1 Å². The van der Waals surface area contributed by atoms with Gasteiger partial charge < -0.3 is 0 Å². The molecule has 3 rings (SSSR count). The number of carbonyl (C=O) groups excluding carboxylic acids is 1. The third kappa shape index (κ3) is 2.53. The van der Waals surface area contributed by atoms with Gasteiger partial charge in [-0.05, 0) is 45.7 Å². The van der Waals surface area contributed by atoms with Crippen LogP contribution in [0.1, 0.15) is 49.9 Å². The van der Waals surface area contributed by atoms with Gasteiger partial charge in [-0.15, -0.1) is 0 Å². The molecule has 0 spiro atoms. The first kappa shape index (κ1) is 15.0. The lowest BCUT2D eigenvalue weighted by molar-refractivity contribution is -0.130. The third-order valence-corrected chi connectivity index (χ3v) is 5.74. The summed E-state index contributed by atoms with van der Waals surface area (Å²) in [4.78, 5) is 15.5. The number of rotatable bonds is 4. The molecule has 1 aromatic rings. The van der Waals surface area contributed by atoms with E-state index in [0.29, 0.717) is 17.2 Å². The number of likely N-dealkylation sites (tertiary alicyclic amines) is 1. The summed E-state index contributed by atoms with van der Waals surface area (Å²) in [5, 5.41) is 4.98. The van der Waals surface area contributed by atoms with Gasteiger partial charge in [-0.2, -0.15) is 5.10 Å². The summed E-state index contributed by atoms with van der Waals surface area (Å²) in [6.45, 7) is 4.04.